The molecule has 1 amide bonds. The van der Waals surface area contributed by atoms with E-state index < -0.39 is 0 Å². The summed E-state index contributed by atoms with van der Waals surface area (Å²) >= 11 is 1.66. The molecule has 0 N–H and O–H groups in total. The number of hydrogen-bond acceptors (Lipinski definition) is 6. The second-order valence-electron chi connectivity index (χ2n) is 6.97. The van der Waals surface area contributed by atoms with Gasteiger partial charge in [-0.3, -0.25) is 4.79 Å². The van der Waals surface area contributed by atoms with E-state index in [2.05, 4.69) is 4.90 Å². The van der Waals surface area contributed by atoms with E-state index in [0.29, 0.717) is 23.0 Å². The Balaban J connectivity index is 1.67. The lowest BCUT2D eigenvalue weighted by atomic mass is 10.1. The molecule has 27 heavy (non-hydrogen) atoms. The second kappa shape index (κ2) is 9.55. The van der Waals surface area contributed by atoms with E-state index in [4.69, 9.17) is 14.2 Å². The highest BCUT2D eigenvalue weighted by atomic mass is 32.2. The Bertz CT molecular complexity index is 624. The molecule has 2 aliphatic rings. The number of likely N-dealkylation sites (tertiary alicyclic amines) is 1. The lowest BCUT2D eigenvalue weighted by Crippen LogP contribution is -2.30. The van der Waals surface area contributed by atoms with Crippen LogP contribution in [0.1, 0.15) is 36.6 Å². The minimum atomic E-state index is -0.00186. The average molecular weight is 395 g/mol. The van der Waals surface area contributed by atoms with Crippen LogP contribution in [0, 0.1) is 0 Å². The zero-order valence-electron chi connectivity index (χ0n) is 16.5. The number of amides is 1. The number of unbranched alkanes of at least 4 members (excludes halogenated alkanes) is 1. The molecular formula is C20H30N2O4S. The topological polar surface area (TPSA) is 51.2 Å². The van der Waals surface area contributed by atoms with E-state index in [1.165, 1.54) is 25.9 Å². The Morgan fingerprint density at radius 2 is 1.63 bits per heavy atom. The number of hydrogen-bond donors (Lipinski definition) is 0. The van der Waals surface area contributed by atoms with Crippen molar-refractivity contribution in [2.24, 2.45) is 0 Å². The predicted molar refractivity (Wildman–Crippen MR) is 108 cm³/mol. The van der Waals surface area contributed by atoms with Crippen molar-refractivity contribution in [3.8, 4) is 17.2 Å². The molecule has 150 valence electrons. The maximum absolute atomic E-state index is 12.4. The van der Waals surface area contributed by atoms with Gasteiger partial charge in [0.15, 0.2) is 11.5 Å². The summed E-state index contributed by atoms with van der Waals surface area (Å²) in [5.74, 6) is 2.56. The molecule has 0 spiro atoms. The number of carbonyl (C=O) groups excluding carboxylic acids is 1. The van der Waals surface area contributed by atoms with Gasteiger partial charge in [0.2, 0.25) is 11.7 Å². The van der Waals surface area contributed by atoms with Crippen LogP contribution in [0.2, 0.25) is 0 Å². The molecule has 2 fully saturated rings. The first-order valence-electron chi connectivity index (χ1n) is 9.61. The molecule has 0 radical (unpaired) electrons. The number of nitrogens with zero attached hydrogens (tertiary/aromatic N) is 2. The van der Waals surface area contributed by atoms with Crippen LogP contribution in [-0.4, -0.2) is 69.0 Å². The third-order valence-corrected chi connectivity index (χ3v) is 6.52. The van der Waals surface area contributed by atoms with Gasteiger partial charge in [-0.05, 0) is 63.0 Å². The zero-order chi connectivity index (χ0) is 19.2. The van der Waals surface area contributed by atoms with Crippen LogP contribution in [0.15, 0.2) is 12.1 Å². The first-order chi connectivity index (χ1) is 13.2. The Kier molecular flexibility index (Phi) is 7.13. The van der Waals surface area contributed by atoms with E-state index in [0.717, 1.165) is 31.5 Å². The molecule has 2 aliphatic heterocycles. The van der Waals surface area contributed by atoms with Crippen molar-refractivity contribution in [1.29, 1.82) is 0 Å². The molecule has 2 heterocycles. The number of thioether (sulfide) groups is 1. The highest BCUT2D eigenvalue weighted by Crippen LogP contribution is 2.45. The molecule has 1 atom stereocenters. The summed E-state index contributed by atoms with van der Waals surface area (Å²) in [6.07, 6.45) is 4.81. The normalized spacial score (nSPS) is 20.3. The van der Waals surface area contributed by atoms with Gasteiger partial charge in [0, 0.05) is 6.54 Å². The molecule has 0 bridgehead atoms. The fourth-order valence-electron chi connectivity index (χ4n) is 3.84. The largest absolute Gasteiger partial charge is 0.493 e. The van der Waals surface area contributed by atoms with Gasteiger partial charge in [-0.1, -0.05) is 0 Å². The molecule has 1 aromatic carbocycles. The number of ether oxygens (including phenoxy) is 3. The maximum Gasteiger partial charge on any atom is 0.233 e. The average Bonchev–Trinajstić information content (AvgIpc) is 3.34. The van der Waals surface area contributed by atoms with Gasteiger partial charge in [-0.2, -0.15) is 0 Å². The molecule has 7 heteroatoms. The monoisotopic (exact) mass is 394 g/mol. The molecule has 0 aromatic heterocycles. The minimum absolute atomic E-state index is 0.00186. The van der Waals surface area contributed by atoms with E-state index in [-0.39, 0.29) is 11.3 Å². The summed E-state index contributed by atoms with van der Waals surface area (Å²) in [6, 6.07) is 3.91. The van der Waals surface area contributed by atoms with Crippen molar-refractivity contribution in [3.05, 3.63) is 17.7 Å². The van der Waals surface area contributed by atoms with Crippen molar-refractivity contribution < 1.29 is 19.0 Å². The van der Waals surface area contributed by atoms with E-state index >= 15 is 0 Å². The minimum Gasteiger partial charge on any atom is -0.493 e. The van der Waals surface area contributed by atoms with Gasteiger partial charge in [-0.15, -0.1) is 11.8 Å². The van der Waals surface area contributed by atoms with Crippen LogP contribution in [0.4, 0.5) is 0 Å². The molecule has 0 saturated carbocycles. The van der Waals surface area contributed by atoms with E-state index in [9.17, 15) is 4.79 Å². The van der Waals surface area contributed by atoms with Crippen molar-refractivity contribution >= 4 is 17.7 Å². The van der Waals surface area contributed by atoms with Crippen LogP contribution in [0.25, 0.3) is 0 Å². The maximum atomic E-state index is 12.4. The highest BCUT2D eigenvalue weighted by molar-refractivity contribution is 8.00. The Morgan fingerprint density at radius 3 is 2.22 bits per heavy atom. The van der Waals surface area contributed by atoms with Crippen molar-refractivity contribution in [3.63, 3.8) is 0 Å². The van der Waals surface area contributed by atoms with E-state index in [1.807, 2.05) is 17.0 Å². The smallest absolute Gasteiger partial charge is 0.233 e. The van der Waals surface area contributed by atoms with Gasteiger partial charge in [0.1, 0.15) is 5.37 Å². The third-order valence-electron chi connectivity index (χ3n) is 5.26. The second-order valence-corrected chi connectivity index (χ2v) is 8.03. The first kappa shape index (κ1) is 20.1. The number of carbonyl (C=O) groups is 1. The van der Waals surface area contributed by atoms with Crippen LogP contribution >= 0.6 is 11.8 Å². The summed E-state index contributed by atoms with van der Waals surface area (Å²) in [5, 5.41) is -0.00186. The molecule has 1 unspecified atom stereocenters. The van der Waals surface area contributed by atoms with Crippen LogP contribution in [0.3, 0.4) is 0 Å². The van der Waals surface area contributed by atoms with E-state index in [1.54, 1.807) is 33.1 Å². The van der Waals surface area contributed by atoms with Gasteiger partial charge in [-0.25, -0.2) is 0 Å². The van der Waals surface area contributed by atoms with Crippen LogP contribution in [0.5, 0.6) is 17.2 Å². The molecule has 0 aliphatic carbocycles. The molecule has 6 nitrogen and oxygen atoms in total. The van der Waals surface area contributed by atoms with Crippen molar-refractivity contribution in [2.45, 2.75) is 31.1 Å². The number of rotatable bonds is 9. The summed E-state index contributed by atoms with van der Waals surface area (Å²) in [5.41, 5.74) is 1.01. The van der Waals surface area contributed by atoms with Crippen molar-refractivity contribution in [2.75, 3.05) is 53.3 Å². The Labute approximate surface area is 166 Å². The van der Waals surface area contributed by atoms with Crippen LogP contribution in [-0.2, 0) is 4.79 Å². The Morgan fingerprint density at radius 1 is 1.00 bits per heavy atom. The van der Waals surface area contributed by atoms with Crippen molar-refractivity contribution in [1.82, 2.24) is 9.80 Å². The lowest BCUT2D eigenvalue weighted by molar-refractivity contribution is -0.128. The Hall–Kier alpha value is -1.60. The molecule has 3 rings (SSSR count). The summed E-state index contributed by atoms with van der Waals surface area (Å²) < 4.78 is 16.4. The lowest BCUT2D eigenvalue weighted by Gasteiger charge is -2.26. The fraction of sp³-hybridized carbons (Fsp3) is 0.650. The highest BCUT2D eigenvalue weighted by Gasteiger charge is 2.33. The number of methoxy groups -OCH3 is 3. The summed E-state index contributed by atoms with van der Waals surface area (Å²) in [6.45, 7) is 4.39. The SMILES string of the molecule is COc1cc(C2SCC(=O)N2CCCCN2CCCC2)cc(OC)c1OC. The fourth-order valence-corrected chi connectivity index (χ4v) is 5.04. The first-order valence-corrected chi connectivity index (χ1v) is 10.7. The van der Waals surface area contributed by atoms with Gasteiger partial charge < -0.3 is 24.0 Å². The standard InChI is InChI=1S/C20H30N2O4S/c1-24-16-12-15(13-17(25-2)19(16)26-3)20-22(18(23)14-27-20)11-7-6-10-21-8-4-5-9-21/h12-13,20H,4-11,14H2,1-3H3. The van der Waals surface area contributed by atoms with Crippen LogP contribution < -0.4 is 14.2 Å². The predicted octanol–water partition coefficient (Wildman–Crippen LogP) is 3.16. The summed E-state index contributed by atoms with van der Waals surface area (Å²) in [7, 11) is 4.83. The number of benzene rings is 1. The quantitative estimate of drug-likeness (QED) is 0.600. The molecule has 1 aromatic rings. The van der Waals surface area contributed by atoms with Gasteiger partial charge in [0.25, 0.3) is 0 Å². The zero-order valence-corrected chi connectivity index (χ0v) is 17.3. The summed E-state index contributed by atoms with van der Waals surface area (Å²) in [4.78, 5) is 17.0. The molecular weight excluding hydrogens is 364 g/mol. The van der Waals surface area contributed by atoms with Gasteiger partial charge in [0.05, 0.1) is 27.1 Å². The van der Waals surface area contributed by atoms with Gasteiger partial charge >= 0.3 is 0 Å². The third kappa shape index (κ3) is 4.63. The molecule has 2 saturated heterocycles.